The Morgan fingerprint density at radius 2 is 2.14 bits per heavy atom. The largest absolute Gasteiger partial charge is 0.462 e. The third-order valence-corrected chi connectivity index (χ3v) is 3.20. The fourth-order valence-corrected chi connectivity index (χ4v) is 1.95. The number of hydrogen-bond acceptors (Lipinski definition) is 5. The van der Waals surface area contributed by atoms with Gasteiger partial charge in [-0.1, -0.05) is 0 Å². The zero-order valence-corrected chi connectivity index (χ0v) is 12.8. The van der Waals surface area contributed by atoms with Gasteiger partial charge in [-0.25, -0.2) is 4.98 Å². The summed E-state index contributed by atoms with van der Waals surface area (Å²) in [5, 5.41) is 11.9. The molecule has 1 atom stereocenters. The molecule has 1 unspecified atom stereocenters. The van der Waals surface area contributed by atoms with Crippen molar-refractivity contribution in [2.75, 3.05) is 13.2 Å². The van der Waals surface area contributed by atoms with Gasteiger partial charge in [0.25, 0.3) is 5.56 Å². The molecule has 0 aliphatic carbocycles. The molecule has 0 saturated carbocycles. The average molecular weight is 296 g/mol. The third-order valence-electron chi connectivity index (χ3n) is 3.20. The summed E-state index contributed by atoms with van der Waals surface area (Å²) in [6.07, 6.45) is 0.915. The Hall–Kier alpha value is -1.93. The predicted octanol–water partition coefficient (Wildman–Crippen LogP) is -1.62. The molecule has 0 radical (unpaired) electrons. The normalized spacial score (nSPS) is 13.0. The number of quaternary nitrogens is 1. The lowest BCUT2D eigenvalue weighted by Gasteiger charge is -2.13. The van der Waals surface area contributed by atoms with Gasteiger partial charge >= 0.3 is 6.01 Å². The number of rotatable bonds is 6. The summed E-state index contributed by atoms with van der Waals surface area (Å²) in [5.41, 5.74) is 0.551. The van der Waals surface area contributed by atoms with E-state index >= 15 is 0 Å². The lowest BCUT2D eigenvalue weighted by Crippen LogP contribution is -2.90. The summed E-state index contributed by atoms with van der Waals surface area (Å²) in [6.45, 7) is 4.72. The average Bonchev–Trinajstić information content (AvgIpc) is 2.80. The minimum absolute atomic E-state index is 0.0852. The predicted molar refractivity (Wildman–Crippen MR) is 77.2 cm³/mol. The second kappa shape index (κ2) is 6.23. The van der Waals surface area contributed by atoms with E-state index in [0.717, 1.165) is 0 Å². The fourth-order valence-electron chi connectivity index (χ4n) is 1.95. The van der Waals surface area contributed by atoms with E-state index in [9.17, 15) is 9.90 Å². The highest BCUT2D eigenvalue weighted by atomic mass is 16.5. The first-order valence-electron chi connectivity index (χ1n) is 6.92. The molecular formula is C13H22N5O3+. The smallest absolute Gasteiger partial charge is 0.301 e. The Kier molecular flexibility index (Phi) is 4.59. The number of hydrogen-bond donors (Lipinski definition) is 2. The van der Waals surface area contributed by atoms with E-state index in [0.29, 0.717) is 23.8 Å². The van der Waals surface area contributed by atoms with Crippen LogP contribution in [0, 0.1) is 0 Å². The lowest BCUT2D eigenvalue weighted by atomic mass is 10.3. The lowest BCUT2D eigenvalue weighted by molar-refractivity contribution is -0.688. The maximum Gasteiger partial charge on any atom is 0.301 e. The van der Waals surface area contributed by atoms with Crippen molar-refractivity contribution in [2.45, 2.75) is 26.0 Å². The number of aryl methyl sites for hydroxylation is 1. The summed E-state index contributed by atoms with van der Waals surface area (Å²) in [7, 11) is 3.33. The van der Waals surface area contributed by atoms with E-state index in [4.69, 9.17) is 4.74 Å². The van der Waals surface area contributed by atoms with Crippen molar-refractivity contribution in [2.24, 2.45) is 14.1 Å². The molecule has 0 spiro atoms. The number of nitrogens with two attached hydrogens (primary N) is 1. The van der Waals surface area contributed by atoms with Crippen molar-refractivity contribution in [3.8, 4) is 6.01 Å². The van der Waals surface area contributed by atoms with Crippen molar-refractivity contribution in [3.63, 3.8) is 0 Å². The van der Waals surface area contributed by atoms with E-state index in [-0.39, 0.29) is 18.2 Å². The van der Waals surface area contributed by atoms with Crippen LogP contribution in [0.5, 0.6) is 6.01 Å². The monoisotopic (exact) mass is 296 g/mol. The molecule has 0 amide bonds. The standard InChI is InChI=1S/C13H21N5O3/c1-8(2)14-5-9(19)6-21-13-16-11-10(12(20)18(13)4)17(3)7-15-11/h7-9,14,19H,5-6H2,1-4H3/p+1. The Morgan fingerprint density at radius 3 is 2.81 bits per heavy atom. The Labute approximate surface area is 122 Å². The van der Waals surface area contributed by atoms with E-state index < -0.39 is 6.10 Å². The molecule has 0 bridgehead atoms. The molecule has 2 aromatic rings. The van der Waals surface area contributed by atoms with E-state index in [1.807, 2.05) is 19.2 Å². The Bertz CT molecular complexity index is 676. The highest BCUT2D eigenvalue weighted by molar-refractivity contribution is 5.69. The van der Waals surface area contributed by atoms with Crippen molar-refractivity contribution < 1.29 is 15.2 Å². The SMILES string of the molecule is CC(C)[NH2+]CC(O)COc1nc2ncn(C)c2c(=O)n1C. The van der Waals surface area contributed by atoms with Crippen LogP contribution < -0.4 is 15.6 Å². The van der Waals surface area contributed by atoms with E-state index in [1.165, 1.54) is 10.9 Å². The summed E-state index contributed by atoms with van der Waals surface area (Å²) in [4.78, 5) is 20.5. The highest BCUT2D eigenvalue weighted by Crippen LogP contribution is 2.09. The summed E-state index contributed by atoms with van der Waals surface area (Å²) in [5.74, 6) is 0. The van der Waals surface area contributed by atoms with Crippen molar-refractivity contribution in [1.82, 2.24) is 19.1 Å². The number of aliphatic hydroxyl groups excluding tert-OH is 1. The van der Waals surface area contributed by atoms with Gasteiger partial charge in [-0.3, -0.25) is 9.36 Å². The van der Waals surface area contributed by atoms with Crippen molar-refractivity contribution in [3.05, 3.63) is 16.7 Å². The Morgan fingerprint density at radius 1 is 1.43 bits per heavy atom. The van der Waals surface area contributed by atoms with Crippen molar-refractivity contribution in [1.29, 1.82) is 0 Å². The summed E-state index contributed by atoms with van der Waals surface area (Å²) in [6, 6.07) is 0.571. The molecule has 0 saturated heterocycles. The number of ether oxygens (including phenoxy) is 1. The van der Waals surface area contributed by atoms with Crippen LogP contribution in [-0.2, 0) is 14.1 Å². The Balaban J connectivity index is 2.12. The molecule has 0 fully saturated rings. The highest BCUT2D eigenvalue weighted by Gasteiger charge is 2.15. The van der Waals surface area contributed by atoms with Gasteiger partial charge in [-0.2, -0.15) is 4.98 Å². The third kappa shape index (κ3) is 3.40. The number of imidazole rings is 1. The number of fused-ring (bicyclic) bond motifs is 1. The van der Waals surface area contributed by atoms with Crippen LogP contribution in [0.25, 0.3) is 11.2 Å². The molecular weight excluding hydrogens is 274 g/mol. The molecule has 8 heteroatoms. The van der Waals surface area contributed by atoms with Gasteiger partial charge in [-0.15, -0.1) is 0 Å². The molecule has 3 N–H and O–H groups in total. The number of nitrogens with zero attached hydrogens (tertiary/aromatic N) is 4. The molecule has 0 aromatic carbocycles. The molecule has 2 rings (SSSR count). The zero-order valence-electron chi connectivity index (χ0n) is 12.8. The van der Waals surface area contributed by atoms with Gasteiger partial charge < -0.3 is 19.7 Å². The van der Waals surface area contributed by atoms with Crippen LogP contribution in [0.15, 0.2) is 11.1 Å². The minimum Gasteiger partial charge on any atom is -0.462 e. The molecule has 2 heterocycles. The zero-order chi connectivity index (χ0) is 15.6. The van der Waals surface area contributed by atoms with E-state index in [1.54, 1.807) is 18.7 Å². The van der Waals surface area contributed by atoms with Gasteiger partial charge in [0.05, 0.1) is 12.4 Å². The fraction of sp³-hybridized carbons (Fsp3) is 0.615. The van der Waals surface area contributed by atoms with Crippen molar-refractivity contribution >= 4 is 11.2 Å². The molecule has 21 heavy (non-hydrogen) atoms. The van der Waals surface area contributed by atoms with Crippen LogP contribution in [-0.4, -0.2) is 49.5 Å². The first kappa shape index (κ1) is 15.5. The molecule has 0 aliphatic rings. The maximum absolute atomic E-state index is 12.2. The van der Waals surface area contributed by atoms with Crippen LogP contribution in [0.3, 0.4) is 0 Å². The molecule has 2 aromatic heterocycles. The summed E-state index contributed by atoms with van der Waals surface area (Å²) < 4.78 is 8.41. The van der Waals surface area contributed by atoms with Crippen LogP contribution in [0.1, 0.15) is 13.8 Å². The van der Waals surface area contributed by atoms with Gasteiger partial charge in [0.15, 0.2) is 11.2 Å². The first-order valence-corrected chi connectivity index (χ1v) is 6.92. The van der Waals surface area contributed by atoms with E-state index in [2.05, 4.69) is 9.97 Å². The topological polar surface area (TPSA) is 98.8 Å². The summed E-state index contributed by atoms with van der Waals surface area (Å²) >= 11 is 0. The number of aromatic nitrogens is 4. The van der Waals surface area contributed by atoms with Gasteiger partial charge in [0, 0.05) is 14.1 Å². The van der Waals surface area contributed by atoms with Crippen LogP contribution in [0.4, 0.5) is 0 Å². The second-order valence-electron chi connectivity index (χ2n) is 5.47. The molecule has 116 valence electrons. The number of aliphatic hydroxyl groups is 1. The maximum atomic E-state index is 12.2. The van der Waals surface area contributed by atoms with Crippen LogP contribution in [0.2, 0.25) is 0 Å². The van der Waals surface area contributed by atoms with Crippen LogP contribution >= 0.6 is 0 Å². The molecule has 0 aliphatic heterocycles. The first-order chi connectivity index (χ1) is 9.90. The quantitative estimate of drug-likeness (QED) is 0.667. The minimum atomic E-state index is -0.622. The van der Waals surface area contributed by atoms with Gasteiger partial charge in [0.1, 0.15) is 19.3 Å². The van der Waals surface area contributed by atoms with Gasteiger partial charge in [-0.05, 0) is 13.8 Å². The molecule has 8 nitrogen and oxygen atoms in total. The van der Waals surface area contributed by atoms with Gasteiger partial charge in [0.2, 0.25) is 0 Å². The second-order valence-corrected chi connectivity index (χ2v) is 5.47.